The number of likely N-dealkylation sites (tertiary alicyclic amines) is 1. The highest BCUT2D eigenvalue weighted by atomic mass is 19.1. The molecule has 150 valence electrons. The molecule has 0 radical (unpaired) electrons. The maximum absolute atomic E-state index is 14.2. The minimum Gasteiger partial charge on any atom is -0.358 e. The van der Waals surface area contributed by atoms with Crippen molar-refractivity contribution < 1.29 is 9.18 Å². The first kappa shape index (κ1) is 18.6. The number of pyridine rings is 1. The van der Waals surface area contributed by atoms with Gasteiger partial charge in [-0.3, -0.25) is 9.78 Å². The Bertz CT molecular complexity index is 1200. The second-order valence-electron chi connectivity index (χ2n) is 7.77. The number of fused-ring (bicyclic) bond motifs is 1. The number of hydrogen-bond acceptors (Lipinski definition) is 2. The van der Waals surface area contributed by atoms with E-state index in [4.69, 9.17) is 0 Å². The molecule has 1 aliphatic rings. The third kappa shape index (κ3) is 3.26. The van der Waals surface area contributed by atoms with Crippen molar-refractivity contribution in [1.82, 2.24) is 14.9 Å². The first-order valence-electron chi connectivity index (χ1n) is 10.3. The quantitative estimate of drug-likeness (QED) is 0.502. The molecule has 4 aromatic rings. The standard InChI is InChI=1S/C25H22FN3O/c26-21-9-3-1-7-19(21)25(30)29-15-5-6-18(16-29)24-23(17-11-13-27-14-12-17)20-8-2-4-10-22(20)28-24/h1-4,7-14,18,28H,5-6,15-16H2. The number of piperidine rings is 1. The molecule has 1 atom stereocenters. The van der Waals surface area contributed by atoms with Crippen LogP contribution in [0.2, 0.25) is 0 Å². The number of nitrogens with one attached hydrogen (secondary N) is 1. The van der Waals surface area contributed by atoms with Crippen LogP contribution in [0, 0.1) is 5.82 Å². The van der Waals surface area contributed by atoms with Crippen molar-refractivity contribution in [1.29, 1.82) is 0 Å². The summed E-state index contributed by atoms with van der Waals surface area (Å²) in [5.74, 6) is -0.544. The molecule has 1 saturated heterocycles. The van der Waals surface area contributed by atoms with Crippen LogP contribution in [0.5, 0.6) is 0 Å². The minimum absolute atomic E-state index is 0.143. The average molecular weight is 399 g/mol. The number of benzene rings is 2. The Labute approximate surface area is 174 Å². The minimum atomic E-state index is -0.465. The molecule has 1 unspecified atom stereocenters. The molecule has 3 heterocycles. The highest BCUT2D eigenvalue weighted by Gasteiger charge is 2.29. The van der Waals surface area contributed by atoms with Crippen LogP contribution in [0.25, 0.3) is 22.0 Å². The average Bonchev–Trinajstić information content (AvgIpc) is 3.19. The van der Waals surface area contributed by atoms with E-state index in [1.54, 1.807) is 35.5 Å². The number of carbonyl (C=O) groups excluding carboxylic acids is 1. The number of carbonyl (C=O) groups is 1. The highest BCUT2D eigenvalue weighted by molar-refractivity contribution is 5.98. The summed E-state index contributed by atoms with van der Waals surface area (Å²) in [5, 5.41) is 1.16. The zero-order valence-electron chi connectivity index (χ0n) is 16.5. The van der Waals surface area contributed by atoms with Crippen molar-refractivity contribution in [3.8, 4) is 11.1 Å². The molecule has 0 aliphatic carbocycles. The van der Waals surface area contributed by atoms with Crippen molar-refractivity contribution in [2.75, 3.05) is 13.1 Å². The van der Waals surface area contributed by atoms with Crippen molar-refractivity contribution >= 4 is 16.8 Å². The van der Waals surface area contributed by atoms with E-state index in [1.807, 2.05) is 24.3 Å². The van der Waals surface area contributed by atoms with Gasteiger partial charge in [0.25, 0.3) is 5.91 Å². The van der Waals surface area contributed by atoms with Crippen LogP contribution < -0.4 is 0 Å². The lowest BCUT2D eigenvalue weighted by Gasteiger charge is -2.33. The molecule has 0 saturated carbocycles. The van der Waals surface area contributed by atoms with Crippen molar-refractivity contribution in [2.45, 2.75) is 18.8 Å². The second-order valence-corrected chi connectivity index (χ2v) is 7.77. The summed E-state index contributed by atoms with van der Waals surface area (Å²) in [5.41, 5.74) is 4.63. The van der Waals surface area contributed by atoms with Crippen LogP contribution in [-0.2, 0) is 0 Å². The molecule has 0 spiro atoms. The molecule has 1 aliphatic heterocycles. The van der Waals surface area contributed by atoms with E-state index in [-0.39, 0.29) is 17.4 Å². The molecule has 5 rings (SSSR count). The second kappa shape index (κ2) is 7.75. The number of amides is 1. The van der Waals surface area contributed by atoms with Gasteiger partial charge in [-0.2, -0.15) is 0 Å². The SMILES string of the molecule is O=C(c1ccccc1F)N1CCCC(c2[nH]c3ccccc3c2-c2ccncc2)C1. The van der Waals surface area contributed by atoms with Gasteiger partial charge >= 0.3 is 0 Å². The molecular formula is C25H22FN3O. The number of aromatic nitrogens is 2. The molecule has 1 fully saturated rings. The van der Waals surface area contributed by atoms with Gasteiger partial charge in [0, 0.05) is 53.6 Å². The van der Waals surface area contributed by atoms with Crippen molar-refractivity contribution in [2.24, 2.45) is 0 Å². The van der Waals surface area contributed by atoms with Crippen LogP contribution in [0.4, 0.5) is 4.39 Å². The van der Waals surface area contributed by atoms with E-state index >= 15 is 0 Å². The lowest BCUT2D eigenvalue weighted by Crippen LogP contribution is -2.39. The number of rotatable bonds is 3. The normalized spacial score (nSPS) is 16.7. The first-order valence-corrected chi connectivity index (χ1v) is 10.3. The maximum Gasteiger partial charge on any atom is 0.256 e. The van der Waals surface area contributed by atoms with Gasteiger partial charge in [-0.15, -0.1) is 0 Å². The van der Waals surface area contributed by atoms with Gasteiger partial charge in [0.1, 0.15) is 5.82 Å². The molecular weight excluding hydrogens is 377 g/mol. The summed E-state index contributed by atoms with van der Waals surface area (Å²) in [7, 11) is 0. The molecule has 30 heavy (non-hydrogen) atoms. The molecule has 0 bridgehead atoms. The summed E-state index contributed by atoms with van der Waals surface area (Å²) in [6.45, 7) is 1.21. The number of hydrogen-bond donors (Lipinski definition) is 1. The van der Waals surface area contributed by atoms with Crippen LogP contribution in [-0.4, -0.2) is 33.9 Å². The van der Waals surface area contributed by atoms with E-state index in [1.165, 1.54) is 6.07 Å². The fourth-order valence-electron chi connectivity index (χ4n) is 4.50. The van der Waals surface area contributed by atoms with Crippen LogP contribution >= 0.6 is 0 Å². The summed E-state index contributed by atoms with van der Waals surface area (Å²) in [6.07, 6.45) is 5.47. The van der Waals surface area contributed by atoms with Crippen molar-refractivity contribution in [3.05, 3.63) is 90.1 Å². The summed E-state index contributed by atoms with van der Waals surface area (Å²) >= 11 is 0. The highest BCUT2D eigenvalue weighted by Crippen LogP contribution is 2.39. The Kier molecular flexibility index (Phi) is 4.79. The van der Waals surface area contributed by atoms with E-state index in [2.05, 4.69) is 22.1 Å². The zero-order valence-corrected chi connectivity index (χ0v) is 16.5. The topological polar surface area (TPSA) is 49.0 Å². The summed E-state index contributed by atoms with van der Waals surface area (Å²) in [6, 6.07) is 18.5. The summed E-state index contributed by atoms with van der Waals surface area (Å²) in [4.78, 5) is 22.5. The number of aromatic amines is 1. The monoisotopic (exact) mass is 399 g/mol. The largest absolute Gasteiger partial charge is 0.358 e. The predicted molar refractivity (Wildman–Crippen MR) is 116 cm³/mol. The van der Waals surface area contributed by atoms with Gasteiger partial charge in [-0.05, 0) is 48.7 Å². The molecule has 1 N–H and O–H groups in total. The van der Waals surface area contributed by atoms with E-state index in [0.717, 1.165) is 40.6 Å². The Morgan fingerprint density at radius 2 is 1.80 bits per heavy atom. The smallest absolute Gasteiger partial charge is 0.256 e. The Morgan fingerprint density at radius 3 is 2.63 bits per heavy atom. The van der Waals surface area contributed by atoms with Crippen molar-refractivity contribution in [3.63, 3.8) is 0 Å². The fraction of sp³-hybridized carbons (Fsp3) is 0.200. The zero-order chi connectivity index (χ0) is 20.5. The third-order valence-electron chi connectivity index (χ3n) is 5.93. The van der Waals surface area contributed by atoms with E-state index < -0.39 is 5.82 Å². The van der Waals surface area contributed by atoms with Crippen LogP contribution in [0.1, 0.15) is 34.8 Å². The maximum atomic E-state index is 14.2. The Morgan fingerprint density at radius 1 is 1.03 bits per heavy atom. The van der Waals surface area contributed by atoms with E-state index in [0.29, 0.717) is 13.1 Å². The van der Waals surface area contributed by atoms with Gasteiger partial charge in [-0.25, -0.2) is 4.39 Å². The molecule has 2 aromatic carbocycles. The lowest BCUT2D eigenvalue weighted by molar-refractivity contribution is 0.0701. The van der Waals surface area contributed by atoms with Gasteiger partial charge in [0.05, 0.1) is 5.56 Å². The number of para-hydroxylation sites is 1. The number of H-pyrrole nitrogens is 1. The fourth-order valence-corrected chi connectivity index (χ4v) is 4.50. The first-order chi connectivity index (χ1) is 14.7. The molecule has 4 nitrogen and oxygen atoms in total. The van der Waals surface area contributed by atoms with Crippen LogP contribution in [0.15, 0.2) is 73.1 Å². The van der Waals surface area contributed by atoms with Crippen LogP contribution in [0.3, 0.4) is 0 Å². The predicted octanol–water partition coefficient (Wildman–Crippen LogP) is 5.39. The molecule has 5 heteroatoms. The number of nitrogens with zero attached hydrogens (tertiary/aromatic N) is 2. The Hall–Kier alpha value is -3.47. The number of halogens is 1. The van der Waals surface area contributed by atoms with Gasteiger partial charge in [0.15, 0.2) is 0 Å². The van der Waals surface area contributed by atoms with Gasteiger partial charge in [0.2, 0.25) is 0 Å². The third-order valence-corrected chi connectivity index (χ3v) is 5.93. The summed E-state index contributed by atoms with van der Waals surface area (Å²) < 4.78 is 14.2. The van der Waals surface area contributed by atoms with E-state index in [9.17, 15) is 9.18 Å². The van der Waals surface area contributed by atoms with Gasteiger partial charge in [-0.1, -0.05) is 30.3 Å². The molecule has 2 aromatic heterocycles. The lowest BCUT2D eigenvalue weighted by atomic mass is 9.89. The Balaban J connectivity index is 1.53. The van der Waals surface area contributed by atoms with Gasteiger partial charge < -0.3 is 9.88 Å². The molecule has 1 amide bonds.